The molecule has 5 rings (SSSR count). The van der Waals surface area contributed by atoms with Gasteiger partial charge in [0, 0.05) is 28.5 Å². The maximum Gasteiger partial charge on any atom is 0.416 e. The first-order chi connectivity index (χ1) is 14.9. The van der Waals surface area contributed by atoms with Crippen LogP contribution in [0.3, 0.4) is 0 Å². The summed E-state index contributed by atoms with van der Waals surface area (Å²) in [5.41, 5.74) is 2.99. The van der Waals surface area contributed by atoms with Gasteiger partial charge in [-0.25, -0.2) is 4.98 Å². The minimum Gasteiger partial charge on any atom is -0.609 e. The van der Waals surface area contributed by atoms with E-state index >= 15 is 0 Å². The molecular formula is C22H15F3N4OS. The van der Waals surface area contributed by atoms with E-state index < -0.39 is 22.9 Å². The van der Waals surface area contributed by atoms with Gasteiger partial charge in [-0.2, -0.15) is 18.2 Å². The topological polar surface area (TPSA) is 69.0 Å². The van der Waals surface area contributed by atoms with Gasteiger partial charge in [-0.05, 0) is 36.4 Å². The third-order valence-corrected chi connectivity index (χ3v) is 6.17. The van der Waals surface area contributed by atoms with Gasteiger partial charge in [-0.3, -0.25) is 9.38 Å². The molecule has 3 aromatic heterocycles. The molecule has 156 valence electrons. The molecule has 1 atom stereocenters. The lowest BCUT2D eigenvalue weighted by Crippen LogP contribution is -2.08. The maximum atomic E-state index is 13.1. The van der Waals surface area contributed by atoms with Gasteiger partial charge < -0.3 is 4.55 Å². The second-order valence-corrected chi connectivity index (χ2v) is 8.36. The molecule has 0 amide bonds. The highest BCUT2D eigenvalue weighted by molar-refractivity contribution is 7.90. The van der Waals surface area contributed by atoms with Crippen molar-refractivity contribution in [2.24, 2.45) is 0 Å². The highest BCUT2D eigenvalue weighted by atomic mass is 32.2. The van der Waals surface area contributed by atoms with Crippen molar-refractivity contribution < 1.29 is 17.7 Å². The Bertz CT molecular complexity index is 1360. The van der Waals surface area contributed by atoms with Crippen LogP contribution in [-0.2, 0) is 23.1 Å². The monoisotopic (exact) mass is 440 g/mol. The molecule has 31 heavy (non-hydrogen) atoms. The quantitative estimate of drug-likeness (QED) is 0.391. The standard InChI is InChI=1S/C22H15F3N4OS/c23-22(24,25)16-7-3-5-14(11-16)19-12-26-20-15(6-4-10-29(19)20)13-31(30)21-27-17-8-1-2-9-18(17)28-21/h1-12H,13H2,(H,27,28). The number of imidazole rings is 2. The number of benzene rings is 2. The Morgan fingerprint density at radius 3 is 2.68 bits per heavy atom. The number of para-hydroxylation sites is 2. The minimum atomic E-state index is -4.43. The van der Waals surface area contributed by atoms with Gasteiger partial charge >= 0.3 is 11.3 Å². The molecule has 0 bridgehead atoms. The van der Waals surface area contributed by atoms with Crippen molar-refractivity contribution in [1.82, 2.24) is 19.4 Å². The van der Waals surface area contributed by atoms with Crippen LogP contribution >= 0.6 is 0 Å². The average molecular weight is 440 g/mol. The van der Waals surface area contributed by atoms with E-state index in [0.717, 1.165) is 23.2 Å². The normalized spacial score (nSPS) is 13.2. The number of fused-ring (bicyclic) bond motifs is 2. The summed E-state index contributed by atoms with van der Waals surface area (Å²) in [7, 11) is 0. The Hall–Kier alpha value is -3.30. The van der Waals surface area contributed by atoms with Crippen LogP contribution in [0.15, 0.2) is 78.2 Å². The van der Waals surface area contributed by atoms with Crippen molar-refractivity contribution in [3.05, 3.63) is 84.2 Å². The number of hydrogen-bond donors (Lipinski definition) is 1. The van der Waals surface area contributed by atoms with Crippen LogP contribution in [0.1, 0.15) is 11.1 Å². The fraction of sp³-hybridized carbons (Fsp3) is 0.0909. The predicted octanol–water partition coefficient (Wildman–Crippen LogP) is 5.20. The molecule has 1 N–H and O–H groups in total. The molecule has 0 saturated carbocycles. The van der Waals surface area contributed by atoms with Gasteiger partial charge in [0.1, 0.15) is 11.4 Å². The van der Waals surface area contributed by atoms with Crippen LogP contribution < -0.4 is 0 Å². The Morgan fingerprint density at radius 2 is 1.87 bits per heavy atom. The van der Waals surface area contributed by atoms with E-state index in [-0.39, 0.29) is 5.75 Å². The summed E-state index contributed by atoms with van der Waals surface area (Å²) in [4.78, 5) is 11.8. The summed E-state index contributed by atoms with van der Waals surface area (Å²) in [5.74, 6) is 0.170. The molecule has 9 heteroatoms. The van der Waals surface area contributed by atoms with Gasteiger partial charge in [0.15, 0.2) is 0 Å². The summed E-state index contributed by atoms with van der Waals surface area (Å²) in [6.07, 6.45) is -1.17. The molecule has 1 unspecified atom stereocenters. The lowest BCUT2D eigenvalue weighted by atomic mass is 10.1. The molecule has 0 aliphatic rings. The molecule has 0 aliphatic carbocycles. The van der Waals surface area contributed by atoms with Crippen molar-refractivity contribution >= 4 is 27.9 Å². The Balaban J connectivity index is 1.50. The maximum absolute atomic E-state index is 13.1. The first kappa shape index (κ1) is 19.7. The van der Waals surface area contributed by atoms with Crippen LogP contribution in [0.25, 0.3) is 27.9 Å². The van der Waals surface area contributed by atoms with Crippen molar-refractivity contribution in [2.45, 2.75) is 17.1 Å². The summed E-state index contributed by atoms with van der Waals surface area (Å²) in [5, 5.41) is 0.368. The highest BCUT2D eigenvalue weighted by Crippen LogP contribution is 2.32. The van der Waals surface area contributed by atoms with E-state index in [2.05, 4.69) is 15.0 Å². The van der Waals surface area contributed by atoms with Crippen LogP contribution in [-0.4, -0.2) is 23.9 Å². The first-order valence-electron chi connectivity index (χ1n) is 9.36. The summed E-state index contributed by atoms with van der Waals surface area (Å²) >= 11 is -1.44. The predicted molar refractivity (Wildman–Crippen MR) is 112 cm³/mol. The number of aromatic nitrogens is 4. The lowest BCUT2D eigenvalue weighted by Gasteiger charge is -2.10. The molecule has 5 nitrogen and oxygen atoms in total. The van der Waals surface area contributed by atoms with Crippen LogP contribution in [0.2, 0.25) is 0 Å². The van der Waals surface area contributed by atoms with E-state index in [1.807, 2.05) is 24.3 Å². The molecule has 0 aliphatic heterocycles. The second kappa shape index (κ2) is 7.44. The average Bonchev–Trinajstić information content (AvgIpc) is 3.38. The first-order valence-corrected chi connectivity index (χ1v) is 10.7. The smallest absolute Gasteiger partial charge is 0.416 e. The molecule has 0 fully saturated rings. The largest absolute Gasteiger partial charge is 0.609 e. The number of H-pyrrole nitrogens is 1. The number of aromatic amines is 1. The van der Waals surface area contributed by atoms with Gasteiger partial charge in [-0.1, -0.05) is 24.3 Å². The summed E-state index contributed by atoms with van der Waals surface area (Å²) in [6, 6.07) is 16.1. The number of alkyl halides is 3. The van der Waals surface area contributed by atoms with E-state index in [0.29, 0.717) is 27.6 Å². The van der Waals surface area contributed by atoms with Crippen LogP contribution in [0, 0.1) is 0 Å². The Labute approximate surface area is 177 Å². The van der Waals surface area contributed by atoms with E-state index in [4.69, 9.17) is 0 Å². The van der Waals surface area contributed by atoms with Gasteiger partial charge in [0.2, 0.25) is 0 Å². The van der Waals surface area contributed by atoms with Crippen molar-refractivity contribution in [2.75, 3.05) is 0 Å². The highest BCUT2D eigenvalue weighted by Gasteiger charge is 2.30. The number of hydrogen-bond acceptors (Lipinski definition) is 3. The molecule has 3 heterocycles. The molecule has 0 spiro atoms. The third kappa shape index (κ3) is 3.66. The van der Waals surface area contributed by atoms with Gasteiger partial charge in [-0.15, -0.1) is 0 Å². The number of nitrogens with one attached hydrogen (secondary N) is 1. The van der Waals surface area contributed by atoms with Gasteiger partial charge in [0.05, 0.1) is 28.5 Å². The number of nitrogens with zero attached hydrogens (tertiary/aromatic N) is 3. The van der Waals surface area contributed by atoms with Crippen molar-refractivity contribution in [3.63, 3.8) is 0 Å². The summed E-state index contributed by atoms with van der Waals surface area (Å²) < 4.78 is 53.9. The zero-order valence-electron chi connectivity index (χ0n) is 15.9. The van der Waals surface area contributed by atoms with E-state index in [1.165, 1.54) is 12.3 Å². The molecule has 2 aromatic carbocycles. The molecule has 5 aromatic rings. The lowest BCUT2D eigenvalue weighted by molar-refractivity contribution is -0.137. The minimum absolute atomic E-state index is 0.170. The number of pyridine rings is 1. The van der Waals surface area contributed by atoms with Crippen LogP contribution in [0.4, 0.5) is 13.2 Å². The number of rotatable bonds is 4. The molecule has 0 saturated heterocycles. The fourth-order valence-corrected chi connectivity index (χ4v) is 4.57. The van der Waals surface area contributed by atoms with Gasteiger partial charge in [0.25, 0.3) is 0 Å². The Kier molecular flexibility index (Phi) is 4.71. The second-order valence-electron chi connectivity index (χ2n) is 7.00. The SMILES string of the molecule is [O-][S+](Cc1cccn2c(-c3cccc(C(F)(F)F)c3)cnc12)c1nc2ccccc2[nH]1. The van der Waals surface area contributed by atoms with Crippen molar-refractivity contribution in [3.8, 4) is 11.3 Å². The van der Waals surface area contributed by atoms with E-state index in [1.54, 1.807) is 28.8 Å². The zero-order valence-corrected chi connectivity index (χ0v) is 16.7. The van der Waals surface area contributed by atoms with Crippen molar-refractivity contribution in [1.29, 1.82) is 0 Å². The number of halogens is 3. The zero-order chi connectivity index (χ0) is 21.6. The fourth-order valence-electron chi connectivity index (χ4n) is 3.50. The molecule has 0 radical (unpaired) electrons. The third-order valence-electron chi connectivity index (χ3n) is 4.97. The molecular weight excluding hydrogens is 425 g/mol. The Morgan fingerprint density at radius 1 is 1.03 bits per heavy atom. The van der Waals surface area contributed by atoms with E-state index in [9.17, 15) is 17.7 Å². The summed E-state index contributed by atoms with van der Waals surface area (Å²) in [6.45, 7) is 0. The van der Waals surface area contributed by atoms with Crippen LogP contribution in [0.5, 0.6) is 0 Å².